The summed E-state index contributed by atoms with van der Waals surface area (Å²) >= 11 is 0. The average Bonchev–Trinajstić information content (AvgIpc) is 3.12. The zero-order valence-electron chi connectivity index (χ0n) is 24.6. The van der Waals surface area contributed by atoms with Crippen molar-refractivity contribution in [2.45, 2.75) is 0 Å². The Morgan fingerprint density at radius 2 is 0.978 bits per heavy atom. The molecule has 0 unspecified atom stereocenters. The lowest BCUT2D eigenvalue weighted by Crippen LogP contribution is -2.06. The van der Waals surface area contributed by atoms with E-state index >= 15 is 0 Å². The van der Waals surface area contributed by atoms with E-state index in [1.165, 1.54) is 21.5 Å². The average molecular weight is 584 g/mol. The Bertz CT molecular complexity index is 2980. The highest BCUT2D eigenvalue weighted by Crippen LogP contribution is 2.51. The van der Waals surface area contributed by atoms with E-state index in [1.54, 1.807) is 0 Å². The fourth-order valence-electron chi connectivity index (χ4n) is 8.02. The first-order valence-corrected chi connectivity index (χ1v) is 15.7. The zero-order valence-corrected chi connectivity index (χ0v) is 24.6. The van der Waals surface area contributed by atoms with Crippen LogP contribution in [0.5, 0.6) is 0 Å². The molecule has 2 heteroatoms. The number of allylic oxidation sites excluding steroid dienone is 1. The summed E-state index contributed by atoms with van der Waals surface area (Å²) in [5.74, 6) is 0. The maximum Gasteiger partial charge on any atom is 0.371 e. The molecule has 8 aromatic carbocycles. The third-order valence-electron chi connectivity index (χ3n) is 9.90. The van der Waals surface area contributed by atoms with Gasteiger partial charge in [0, 0.05) is 40.4 Å². The van der Waals surface area contributed by atoms with Gasteiger partial charge in [-0.2, -0.15) is 0 Å². The van der Waals surface area contributed by atoms with E-state index in [4.69, 9.17) is 8.83 Å². The molecule has 0 spiro atoms. The zero-order chi connectivity index (χ0) is 29.9. The fourth-order valence-corrected chi connectivity index (χ4v) is 8.02. The largest absolute Gasteiger partial charge is 0.371 e. The topological polar surface area (TPSA) is 22.6 Å². The summed E-state index contributed by atoms with van der Waals surface area (Å²) in [4.78, 5) is 0. The number of rotatable bonds is 2. The highest BCUT2D eigenvalue weighted by atomic mass is 16.3. The minimum atomic E-state index is 0.861. The van der Waals surface area contributed by atoms with Gasteiger partial charge in [-0.15, -0.1) is 0 Å². The van der Waals surface area contributed by atoms with Crippen molar-refractivity contribution < 1.29 is 8.83 Å². The second-order valence-electron chi connectivity index (χ2n) is 12.3. The third-order valence-corrected chi connectivity index (χ3v) is 9.90. The van der Waals surface area contributed by atoms with Crippen LogP contribution in [0.3, 0.4) is 0 Å². The van der Waals surface area contributed by atoms with E-state index in [-0.39, 0.29) is 0 Å². The molecule has 0 aliphatic heterocycles. The van der Waals surface area contributed by atoms with Crippen molar-refractivity contribution in [2.24, 2.45) is 0 Å². The van der Waals surface area contributed by atoms with Crippen LogP contribution >= 0.6 is 0 Å². The minimum absolute atomic E-state index is 0.861. The number of benzene rings is 8. The molecule has 0 bridgehead atoms. The Hall–Kier alpha value is -6.21. The van der Waals surface area contributed by atoms with Crippen molar-refractivity contribution in [3.63, 3.8) is 0 Å². The van der Waals surface area contributed by atoms with Gasteiger partial charge in [0.25, 0.3) is 0 Å². The molecule has 2 nitrogen and oxygen atoms in total. The maximum absolute atomic E-state index is 7.19. The molecule has 1 aliphatic carbocycles. The molecule has 0 atom stereocenters. The van der Waals surface area contributed by atoms with Gasteiger partial charge >= 0.3 is 22.3 Å². The van der Waals surface area contributed by atoms with Crippen molar-refractivity contribution >= 4 is 88.3 Å². The number of fused-ring (bicyclic) bond motifs is 4. The van der Waals surface area contributed by atoms with E-state index in [0.717, 1.165) is 87.7 Å². The summed E-state index contributed by atoms with van der Waals surface area (Å²) in [6.07, 6.45) is 7.45. The second-order valence-corrected chi connectivity index (χ2v) is 12.3. The van der Waals surface area contributed by atoms with Crippen LogP contribution in [0.25, 0.3) is 111 Å². The lowest BCUT2D eigenvalue weighted by Gasteiger charge is -2.13. The van der Waals surface area contributed by atoms with Crippen LogP contribution in [-0.4, -0.2) is 0 Å². The number of hydrogen-bond donors (Lipinski definition) is 0. The maximum atomic E-state index is 7.19. The van der Waals surface area contributed by atoms with Gasteiger partial charge < -0.3 is 0 Å². The van der Waals surface area contributed by atoms with Crippen molar-refractivity contribution in [2.75, 3.05) is 0 Å². The molecule has 2 heterocycles. The first kappa shape index (κ1) is 24.2. The Morgan fingerprint density at radius 1 is 0.413 bits per heavy atom. The molecule has 0 saturated heterocycles. The highest BCUT2D eigenvalue weighted by molar-refractivity contribution is 6.35. The predicted molar refractivity (Wildman–Crippen MR) is 192 cm³/mol. The van der Waals surface area contributed by atoms with Crippen LogP contribution in [0.15, 0.2) is 136 Å². The lowest BCUT2D eigenvalue weighted by molar-refractivity contribution is 0.656. The molecule has 208 valence electrons. The van der Waals surface area contributed by atoms with Gasteiger partial charge in [-0.3, -0.25) is 0 Å². The highest BCUT2D eigenvalue weighted by Gasteiger charge is 2.37. The molecule has 11 rings (SSSR count). The summed E-state index contributed by atoms with van der Waals surface area (Å²) in [7, 11) is 0. The standard InChI is InChI=1S/C44H23O2/c1-3-9-25(10-4-1)37-41-31-21-17-27-13-7-15-29-20-24-34(39(31)35(27)29)46-44(41)38(26-11-5-2-6-12-26)42-32-22-18-28-14-8-16-30-19-23-33(45-43(37)42)40(32)36(28)30/h1-7,9-24H/q+3. The fraction of sp³-hybridized carbons (Fsp3) is 0. The van der Waals surface area contributed by atoms with Crippen molar-refractivity contribution in [1.82, 2.24) is 0 Å². The predicted octanol–water partition coefficient (Wildman–Crippen LogP) is 11.6. The summed E-state index contributed by atoms with van der Waals surface area (Å²) in [6.45, 7) is 0. The first-order valence-electron chi connectivity index (χ1n) is 15.7. The minimum Gasteiger partial charge on any atom is -0.206 e. The van der Waals surface area contributed by atoms with Crippen LogP contribution in [0.4, 0.5) is 0 Å². The normalized spacial score (nSPS) is 12.7. The Morgan fingerprint density at radius 3 is 1.63 bits per heavy atom. The summed E-state index contributed by atoms with van der Waals surface area (Å²) in [5, 5.41) is 12.7. The van der Waals surface area contributed by atoms with Crippen molar-refractivity contribution in [1.29, 1.82) is 0 Å². The van der Waals surface area contributed by atoms with E-state index in [1.807, 2.05) is 0 Å². The van der Waals surface area contributed by atoms with Gasteiger partial charge in [0.05, 0.1) is 22.2 Å². The van der Waals surface area contributed by atoms with Crippen molar-refractivity contribution in [3.8, 4) is 22.3 Å². The molecule has 46 heavy (non-hydrogen) atoms. The van der Waals surface area contributed by atoms with Crippen LogP contribution in [0.2, 0.25) is 0 Å². The Labute approximate surface area is 263 Å². The molecular formula is C44H23O2+3. The summed E-state index contributed by atoms with van der Waals surface area (Å²) in [6, 6.07) is 45.4. The monoisotopic (exact) mass is 583 g/mol. The Kier molecular flexibility index (Phi) is 4.57. The van der Waals surface area contributed by atoms with Crippen LogP contribution in [-0.2, 0) is 0 Å². The Balaban J connectivity index is 1.50. The van der Waals surface area contributed by atoms with Gasteiger partial charge in [0.1, 0.15) is 44.8 Å². The van der Waals surface area contributed by atoms with Gasteiger partial charge in [-0.05, 0) is 34.0 Å². The van der Waals surface area contributed by atoms with Gasteiger partial charge in [0.15, 0.2) is 0 Å². The van der Waals surface area contributed by atoms with E-state index in [0.29, 0.717) is 0 Å². The van der Waals surface area contributed by atoms with Gasteiger partial charge in [-0.25, -0.2) is 8.83 Å². The molecule has 0 radical (unpaired) electrons. The molecule has 0 amide bonds. The van der Waals surface area contributed by atoms with Gasteiger partial charge in [-0.1, -0.05) is 91.0 Å². The lowest BCUT2D eigenvalue weighted by atomic mass is 9.85. The van der Waals surface area contributed by atoms with E-state index < -0.39 is 0 Å². The van der Waals surface area contributed by atoms with E-state index in [9.17, 15) is 0 Å². The van der Waals surface area contributed by atoms with Crippen LogP contribution < -0.4 is 5.22 Å². The third kappa shape index (κ3) is 3.04. The summed E-state index contributed by atoms with van der Waals surface area (Å²) in [5.41, 5.74) is 8.91. The second kappa shape index (κ2) is 8.70. The first-order chi connectivity index (χ1) is 22.8. The summed E-state index contributed by atoms with van der Waals surface area (Å²) < 4.78 is 14.4. The number of hydrogen-bond acceptors (Lipinski definition) is 0. The SMILES string of the molecule is [C+]1=Cc2ccc3c4c(-c5ccccc5)c5[o+]c6ccc7cccc8ccc(c5c(-c5ccccc5)c4[o+]c4ccc(c2c43)=C1)c6c78. The molecule has 1 aliphatic rings. The molecule has 2 aromatic heterocycles. The quantitative estimate of drug-likeness (QED) is 0.0874. The van der Waals surface area contributed by atoms with Crippen LogP contribution in [0, 0.1) is 6.08 Å². The van der Waals surface area contributed by atoms with Gasteiger partial charge in [0.2, 0.25) is 0 Å². The smallest absolute Gasteiger partial charge is 0.206 e. The molecule has 10 aromatic rings. The van der Waals surface area contributed by atoms with Crippen molar-refractivity contribution in [3.05, 3.63) is 144 Å². The molecule has 0 N–H and O–H groups in total. The van der Waals surface area contributed by atoms with Crippen LogP contribution in [0.1, 0.15) is 5.56 Å². The molecular weight excluding hydrogens is 560 g/mol. The molecule has 0 fully saturated rings. The molecule has 0 saturated carbocycles. The van der Waals surface area contributed by atoms with E-state index in [2.05, 4.69) is 146 Å².